The molecule has 2 aromatic rings. The number of rotatable bonds is 2. The third kappa shape index (κ3) is 3.30. The summed E-state index contributed by atoms with van der Waals surface area (Å²) in [5.74, 6) is -2.48. The SMILES string of the molecule is O=C([O-])c1cc2sc(C(=O)[O-])cc2s1.[Na+].[Na+]. The Hall–Kier alpha value is 0.600. The largest absolute Gasteiger partial charge is 1.00 e. The predicted molar refractivity (Wildman–Crippen MR) is 48.4 cm³/mol. The van der Waals surface area contributed by atoms with Gasteiger partial charge >= 0.3 is 59.1 Å². The maximum Gasteiger partial charge on any atom is 1.00 e. The molecule has 0 aliphatic carbocycles. The molecule has 0 spiro atoms. The first-order valence-corrected chi connectivity index (χ1v) is 5.17. The van der Waals surface area contributed by atoms with Crippen molar-refractivity contribution in [1.82, 2.24) is 0 Å². The van der Waals surface area contributed by atoms with Crippen molar-refractivity contribution < 1.29 is 78.9 Å². The fourth-order valence-electron chi connectivity index (χ4n) is 1.04. The molecule has 8 heteroatoms. The summed E-state index contributed by atoms with van der Waals surface area (Å²) in [5.41, 5.74) is 0. The minimum Gasteiger partial charge on any atom is -0.544 e. The molecule has 2 aromatic heterocycles. The molecule has 0 amide bonds. The standard InChI is InChI=1S/C8H4O4S2.2Na/c9-7(10)5-1-3-4(14-5)2-6(13-3)8(11)12;;/h1-2H,(H,9,10)(H,11,12);;/q;2*+1/p-2. The molecule has 2 heterocycles. The monoisotopic (exact) mass is 272 g/mol. The number of carbonyl (C=O) groups excluding carboxylic acids is 2. The van der Waals surface area contributed by atoms with Gasteiger partial charge in [-0.25, -0.2) is 0 Å². The van der Waals surface area contributed by atoms with Crippen LogP contribution in [0.3, 0.4) is 0 Å². The normalized spacial score (nSPS) is 9.25. The number of hydrogen-bond acceptors (Lipinski definition) is 6. The van der Waals surface area contributed by atoms with Gasteiger partial charge in [0.2, 0.25) is 0 Å². The number of hydrogen-bond donors (Lipinski definition) is 0. The van der Waals surface area contributed by atoms with Crippen LogP contribution in [0, 0.1) is 0 Å². The smallest absolute Gasteiger partial charge is 0.544 e. The first-order valence-electron chi connectivity index (χ1n) is 3.54. The number of carboxylic acid groups (broad SMARTS) is 2. The summed E-state index contributed by atoms with van der Waals surface area (Å²) in [6, 6.07) is 2.82. The average Bonchev–Trinajstić information content (AvgIpc) is 2.57. The van der Waals surface area contributed by atoms with E-state index in [0.717, 1.165) is 22.7 Å². The van der Waals surface area contributed by atoms with Gasteiger partial charge in [0, 0.05) is 9.40 Å². The first-order chi connectivity index (χ1) is 6.58. The Morgan fingerprint density at radius 3 is 1.44 bits per heavy atom. The van der Waals surface area contributed by atoms with E-state index in [1.807, 2.05) is 0 Å². The molecular weight excluding hydrogens is 270 g/mol. The minimum absolute atomic E-state index is 0. The molecule has 0 unspecified atom stereocenters. The van der Waals surface area contributed by atoms with Gasteiger partial charge in [-0.1, -0.05) is 0 Å². The predicted octanol–water partition coefficient (Wildman–Crippen LogP) is -6.30. The molecule has 0 aromatic carbocycles. The maximum atomic E-state index is 10.5. The molecule has 0 aliphatic heterocycles. The fraction of sp³-hybridized carbons (Fsp3) is 0. The number of carbonyl (C=O) groups is 2. The second kappa shape index (κ2) is 6.51. The van der Waals surface area contributed by atoms with Crippen molar-refractivity contribution in [1.29, 1.82) is 0 Å². The van der Waals surface area contributed by atoms with Crippen molar-refractivity contribution in [2.75, 3.05) is 0 Å². The van der Waals surface area contributed by atoms with E-state index in [2.05, 4.69) is 0 Å². The van der Waals surface area contributed by atoms with Gasteiger partial charge in [-0.15, -0.1) is 22.7 Å². The van der Waals surface area contributed by atoms with Crippen LogP contribution in [-0.2, 0) is 0 Å². The zero-order valence-electron chi connectivity index (χ0n) is 8.60. The van der Waals surface area contributed by atoms with Crippen molar-refractivity contribution in [3.05, 3.63) is 21.9 Å². The van der Waals surface area contributed by atoms with Crippen molar-refractivity contribution in [2.45, 2.75) is 0 Å². The summed E-state index contributed by atoms with van der Waals surface area (Å²) >= 11 is 2.00. The van der Waals surface area contributed by atoms with E-state index in [4.69, 9.17) is 0 Å². The van der Waals surface area contributed by atoms with E-state index < -0.39 is 11.9 Å². The van der Waals surface area contributed by atoms with Gasteiger partial charge in [0.15, 0.2) is 0 Å². The summed E-state index contributed by atoms with van der Waals surface area (Å²) in [6.07, 6.45) is 0. The Bertz CT molecular complexity index is 456. The second-order valence-electron chi connectivity index (χ2n) is 2.52. The number of aromatic carboxylic acids is 2. The topological polar surface area (TPSA) is 80.3 Å². The molecule has 0 atom stereocenters. The summed E-state index contributed by atoms with van der Waals surface area (Å²) in [7, 11) is 0. The first kappa shape index (κ1) is 16.6. The van der Waals surface area contributed by atoms with Gasteiger partial charge in [-0.3, -0.25) is 0 Å². The van der Waals surface area contributed by atoms with Crippen molar-refractivity contribution in [3.8, 4) is 0 Å². The van der Waals surface area contributed by atoms with Crippen LogP contribution >= 0.6 is 22.7 Å². The summed E-state index contributed by atoms with van der Waals surface area (Å²) in [5, 5.41) is 20.9. The van der Waals surface area contributed by atoms with E-state index in [1.165, 1.54) is 12.1 Å². The van der Waals surface area contributed by atoms with Crippen LogP contribution in [0.1, 0.15) is 19.3 Å². The maximum absolute atomic E-state index is 10.5. The van der Waals surface area contributed by atoms with Crippen molar-refractivity contribution in [3.63, 3.8) is 0 Å². The van der Waals surface area contributed by atoms with E-state index in [0.29, 0.717) is 9.40 Å². The number of carboxylic acids is 2. The van der Waals surface area contributed by atoms with Gasteiger partial charge in [-0.2, -0.15) is 0 Å². The van der Waals surface area contributed by atoms with Crippen LogP contribution in [0.2, 0.25) is 0 Å². The zero-order valence-corrected chi connectivity index (χ0v) is 14.2. The Morgan fingerprint density at radius 1 is 0.875 bits per heavy atom. The molecule has 0 N–H and O–H groups in total. The Kier molecular flexibility index (Phi) is 6.75. The van der Waals surface area contributed by atoms with Gasteiger partial charge < -0.3 is 19.8 Å². The van der Waals surface area contributed by atoms with E-state index >= 15 is 0 Å². The molecule has 0 aliphatic rings. The second-order valence-corrected chi connectivity index (χ2v) is 4.69. The fourth-order valence-corrected chi connectivity index (χ4v) is 3.10. The molecule has 4 nitrogen and oxygen atoms in total. The number of thiophene rings is 2. The van der Waals surface area contributed by atoms with Gasteiger partial charge in [0.05, 0.1) is 21.7 Å². The van der Waals surface area contributed by atoms with Crippen LogP contribution in [0.5, 0.6) is 0 Å². The third-order valence-electron chi connectivity index (χ3n) is 1.61. The molecule has 72 valence electrons. The summed E-state index contributed by atoms with van der Waals surface area (Å²) < 4.78 is 1.27. The third-order valence-corrected chi connectivity index (χ3v) is 3.86. The van der Waals surface area contributed by atoms with Crippen molar-refractivity contribution in [2.24, 2.45) is 0 Å². The van der Waals surface area contributed by atoms with Gasteiger partial charge in [0.25, 0.3) is 0 Å². The van der Waals surface area contributed by atoms with Crippen LogP contribution in [0.15, 0.2) is 12.1 Å². The zero-order chi connectivity index (χ0) is 10.3. The molecular formula is C8H2Na2O4S2. The Morgan fingerprint density at radius 2 is 1.19 bits per heavy atom. The molecule has 0 saturated carbocycles. The molecule has 16 heavy (non-hydrogen) atoms. The Labute approximate surface area is 143 Å². The molecule has 2 rings (SSSR count). The Balaban J connectivity index is 0.00000112. The van der Waals surface area contributed by atoms with Crippen LogP contribution in [0.4, 0.5) is 0 Å². The van der Waals surface area contributed by atoms with E-state index in [1.54, 1.807) is 0 Å². The van der Waals surface area contributed by atoms with Crippen LogP contribution < -0.4 is 69.3 Å². The van der Waals surface area contributed by atoms with Crippen molar-refractivity contribution >= 4 is 44.0 Å². The quantitative estimate of drug-likeness (QED) is 0.509. The van der Waals surface area contributed by atoms with Crippen LogP contribution in [0.25, 0.3) is 9.40 Å². The van der Waals surface area contributed by atoms with E-state index in [9.17, 15) is 19.8 Å². The van der Waals surface area contributed by atoms with Gasteiger partial charge in [0.1, 0.15) is 0 Å². The van der Waals surface area contributed by atoms with Gasteiger partial charge in [-0.05, 0) is 12.1 Å². The summed E-state index contributed by atoms with van der Waals surface area (Å²) in [4.78, 5) is 21.1. The summed E-state index contributed by atoms with van der Waals surface area (Å²) in [6.45, 7) is 0. The number of fused-ring (bicyclic) bond motifs is 1. The molecule has 0 radical (unpaired) electrons. The molecule has 0 fully saturated rings. The minimum atomic E-state index is -1.24. The average molecular weight is 272 g/mol. The van der Waals surface area contributed by atoms with E-state index in [-0.39, 0.29) is 68.9 Å². The molecule has 0 bridgehead atoms. The molecule has 0 saturated heterocycles. The van der Waals surface area contributed by atoms with Crippen LogP contribution in [-0.4, -0.2) is 11.9 Å².